The molecule has 1 saturated heterocycles. The third-order valence-corrected chi connectivity index (χ3v) is 8.49. The number of aryl methyl sites for hydroxylation is 1. The summed E-state index contributed by atoms with van der Waals surface area (Å²) in [6, 6.07) is 3.99. The standard InChI is InChI=1S/C29H34Cl2N8O3/c1-6-23(40)38-12-9-18(10-13-38)37(3)11-7-8-22-34-28-19(24-25(30)20(41-4)15-21(42-5)26(24)31)14-17-16-33-29(32-2)35-27(17)39(28)36-22/h6,14-16,18H,1,7-13H2,2-5H3,(H,32,33,35). The van der Waals surface area contributed by atoms with E-state index in [1.807, 2.05) is 11.0 Å². The molecule has 3 aromatic heterocycles. The van der Waals surface area contributed by atoms with Crippen molar-refractivity contribution < 1.29 is 14.3 Å². The Kier molecular flexibility index (Phi) is 9.00. The number of rotatable bonds is 10. The molecule has 1 amide bonds. The van der Waals surface area contributed by atoms with Crippen LogP contribution in [0, 0.1) is 0 Å². The van der Waals surface area contributed by atoms with Crippen molar-refractivity contribution in [2.45, 2.75) is 31.7 Å². The highest BCUT2D eigenvalue weighted by molar-refractivity contribution is 6.41. The summed E-state index contributed by atoms with van der Waals surface area (Å²) in [5, 5.41) is 9.26. The molecule has 222 valence electrons. The van der Waals surface area contributed by atoms with Crippen molar-refractivity contribution in [2.24, 2.45) is 0 Å². The average molecular weight is 614 g/mol. The summed E-state index contributed by atoms with van der Waals surface area (Å²) in [5.74, 6) is 2.00. The normalized spacial score (nSPS) is 14.1. The second kappa shape index (κ2) is 12.7. The van der Waals surface area contributed by atoms with Crippen LogP contribution in [0.5, 0.6) is 11.5 Å². The van der Waals surface area contributed by atoms with Gasteiger partial charge < -0.3 is 24.6 Å². The first kappa shape index (κ1) is 29.8. The summed E-state index contributed by atoms with van der Waals surface area (Å²) in [4.78, 5) is 30.1. The molecule has 0 radical (unpaired) electrons. The fourth-order valence-electron chi connectivity index (χ4n) is 5.41. The number of carbonyl (C=O) groups excluding carboxylic acids is 1. The van der Waals surface area contributed by atoms with E-state index in [-0.39, 0.29) is 5.91 Å². The number of anilines is 1. The van der Waals surface area contributed by atoms with Gasteiger partial charge in [0.15, 0.2) is 17.1 Å². The minimum atomic E-state index is 0.00277. The molecule has 11 nitrogen and oxygen atoms in total. The Bertz CT molecular complexity index is 1610. The van der Waals surface area contributed by atoms with Gasteiger partial charge in [0, 0.05) is 61.4 Å². The van der Waals surface area contributed by atoms with Gasteiger partial charge in [-0.1, -0.05) is 29.8 Å². The number of amides is 1. The number of hydrogen-bond acceptors (Lipinski definition) is 9. The SMILES string of the molecule is C=CC(=O)N1CCC(N(C)CCCc2nc3c(-c4c(Cl)c(OC)cc(OC)c4Cl)cc4cnc(NC)nc4n3n2)CC1. The van der Waals surface area contributed by atoms with Crippen molar-refractivity contribution in [1.29, 1.82) is 0 Å². The highest BCUT2D eigenvalue weighted by Gasteiger charge is 2.25. The molecule has 1 aliphatic rings. The van der Waals surface area contributed by atoms with Gasteiger partial charge in [-0.2, -0.15) is 9.50 Å². The summed E-state index contributed by atoms with van der Waals surface area (Å²) >= 11 is 13.6. The van der Waals surface area contributed by atoms with E-state index in [1.54, 1.807) is 23.8 Å². The molecule has 5 rings (SSSR count). The predicted octanol–water partition coefficient (Wildman–Crippen LogP) is 4.75. The van der Waals surface area contributed by atoms with E-state index in [9.17, 15) is 4.79 Å². The summed E-state index contributed by atoms with van der Waals surface area (Å²) in [7, 11) is 6.98. The molecule has 0 bridgehead atoms. The van der Waals surface area contributed by atoms with Gasteiger partial charge in [-0.3, -0.25) is 4.79 Å². The Morgan fingerprint density at radius 1 is 1.14 bits per heavy atom. The number of carbonyl (C=O) groups is 1. The molecule has 0 unspecified atom stereocenters. The molecule has 0 aliphatic carbocycles. The molecule has 4 heterocycles. The second-order valence-electron chi connectivity index (χ2n) is 10.2. The maximum atomic E-state index is 11.9. The number of ether oxygens (including phenoxy) is 2. The number of aromatic nitrogens is 5. The highest BCUT2D eigenvalue weighted by Crippen LogP contribution is 2.47. The smallest absolute Gasteiger partial charge is 0.245 e. The number of halogens is 2. The zero-order valence-electron chi connectivity index (χ0n) is 24.2. The van der Waals surface area contributed by atoms with Crippen LogP contribution in [0.15, 0.2) is 31.0 Å². The Hall–Kier alpha value is -3.67. The molecule has 0 saturated carbocycles. The van der Waals surface area contributed by atoms with Gasteiger partial charge in [-0.05, 0) is 45.0 Å². The van der Waals surface area contributed by atoms with Gasteiger partial charge in [-0.15, -0.1) is 5.10 Å². The van der Waals surface area contributed by atoms with Crippen molar-refractivity contribution in [3.63, 3.8) is 0 Å². The minimum Gasteiger partial charge on any atom is -0.495 e. The van der Waals surface area contributed by atoms with E-state index in [0.717, 1.165) is 44.3 Å². The molecule has 4 aromatic rings. The van der Waals surface area contributed by atoms with Gasteiger partial charge in [-0.25, -0.2) is 9.97 Å². The molecule has 0 spiro atoms. The van der Waals surface area contributed by atoms with Gasteiger partial charge in [0.2, 0.25) is 11.9 Å². The number of pyridine rings is 1. The lowest BCUT2D eigenvalue weighted by molar-refractivity contribution is -0.127. The zero-order chi connectivity index (χ0) is 30.0. The van der Waals surface area contributed by atoms with Gasteiger partial charge in [0.25, 0.3) is 0 Å². The Morgan fingerprint density at radius 2 is 1.83 bits per heavy atom. The molecule has 13 heteroatoms. The maximum Gasteiger partial charge on any atom is 0.245 e. The lowest BCUT2D eigenvalue weighted by Crippen LogP contribution is -2.45. The number of likely N-dealkylation sites (tertiary alicyclic amines) is 1. The van der Waals surface area contributed by atoms with Gasteiger partial charge >= 0.3 is 0 Å². The summed E-state index contributed by atoms with van der Waals surface area (Å²) in [6.07, 6.45) is 6.51. The molecular formula is C29H34Cl2N8O3. The third kappa shape index (κ3) is 5.68. The predicted molar refractivity (Wildman–Crippen MR) is 165 cm³/mol. The molecular weight excluding hydrogens is 579 g/mol. The van der Waals surface area contributed by atoms with Gasteiger partial charge in [0.05, 0.1) is 24.3 Å². The number of nitrogens with zero attached hydrogens (tertiary/aromatic N) is 7. The fraction of sp³-hybridized carbons (Fsp3) is 0.414. The number of methoxy groups -OCH3 is 2. The van der Waals surface area contributed by atoms with E-state index >= 15 is 0 Å². The van der Waals surface area contributed by atoms with E-state index in [1.165, 1.54) is 20.3 Å². The van der Waals surface area contributed by atoms with Crippen LogP contribution in [0.2, 0.25) is 10.0 Å². The molecule has 1 aliphatic heterocycles. The number of piperidine rings is 1. The van der Waals surface area contributed by atoms with E-state index in [4.69, 9.17) is 42.8 Å². The van der Waals surface area contributed by atoms with Crippen LogP contribution in [-0.4, -0.2) is 94.3 Å². The van der Waals surface area contributed by atoms with E-state index in [2.05, 4.69) is 33.8 Å². The van der Waals surface area contributed by atoms with Crippen molar-refractivity contribution in [2.75, 3.05) is 53.3 Å². The van der Waals surface area contributed by atoms with Crippen molar-refractivity contribution >= 4 is 51.7 Å². The number of nitrogens with one attached hydrogen (secondary N) is 1. The monoisotopic (exact) mass is 612 g/mol. The summed E-state index contributed by atoms with van der Waals surface area (Å²) in [5.41, 5.74) is 2.35. The van der Waals surface area contributed by atoms with Crippen molar-refractivity contribution in [1.82, 2.24) is 34.4 Å². The lowest BCUT2D eigenvalue weighted by Gasteiger charge is -2.36. The summed E-state index contributed by atoms with van der Waals surface area (Å²) < 4.78 is 12.7. The average Bonchev–Trinajstić information content (AvgIpc) is 3.45. The van der Waals surface area contributed by atoms with Crippen LogP contribution in [0.25, 0.3) is 27.8 Å². The zero-order valence-corrected chi connectivity index (χ0v) is 25.7. The second-order valence-corrected chi connectivity index (χ2v) is 10.9. The molecule has 0 atom stereocenters. The topological polar surface area (TPSA) is 110 Å². The molecule has 1 fully saturated rings. The number of benzene rings is 1. The fourth-order valence-corrected chi connectivity index (χ4v) is 6.11. The quantitative estimate of drug-likeness (QED) is 0.254. The first-order chi connectivity index (χ1) is 20.3. The van der Waals surface area contributed by atoms with Crippen molar-refractivity contribution in [3.8, 4) is 22.6 Å². The first-order valence-electron chi connectivity index (χ1n) is 13.7. The van der Waals surface area contributed by atoms with Crippen LogP contribution in [0.1, 0.15) is 25.1 Å². The third-order valence-electron chi connectivity index (χ3n) is 7.74. The van der Waals surface area contributed by atoms with Crippen LogP contribution < -0.4 is 14.8 Å². The van der Waals surface area contributed by atoms with Crippen LogP contribution >= 0.6 is 23.2 Å². The number of fused-ring (bicyclic) bond motifs is 3. The van der Waals surface area contributed by atoms with Crippen molar-refractivity contribution in [3.05, 3.63) is 46.9 Å². The lowest BCUT2D eigenvalue weighted by atomic mass is 10.0. The highest BCUT2D eigenvalue weighted by atomic mass is 35.5. The summed E-state index contributed by atoms with van der Waals surface area (Å²) in [6.45, 7) is 5.97. The molecule has 1 aromatic carbocycles. The van der Waals surface area contributed by atoms with Crippen LogP contribution in [-0.2, 0) is 11.2 Å². The van der Waals surface area contributed by atoms with E-state index in [0.29, 0.717) is 68.2 Å². The maximum absolute atomic E-state index is 11.9. The Balaban J connectivity index is 1.46. The van der Waals surface area contributed by atoms with Crippen LogP contribution in [0.4, 0.5) is 5.95 Å². The first-order valence-corrected chi connectivity index (χ1v) is 14.5. The van der Waals surface area contributed by atoms with Gasteiger partial charge in [0.1, 0.15) is 11.5 Å². The van der Waals surface area contributed by atoms with Crippen LogP contribution in [0.3, 0.4) is 0 Å². The largest absolute Gasteiger partial charge is 0.495 e. The Morgan fingerprint density at radius 3 is 2.45 bits per heavy atom. The molecule has 42 heavy (non-hydrogen) atoms. The molecule has 1 N–H and O–H groups in total. The Labute approximate surface area is 254 Å². The van der Waals surface area contributed by atoms with E-state index < -0.39 is 0 Å². The minimum absolute atomic E-state index is 0.00277. The number of hydrogen-bond donors (Lipinski definition) is 1.